The number of aryl methyl sites for hydroxylation is 1. The summed E-state index contributed by atoms with van der Waals surface area (Å²) in [6, 6.07) is 0. The van der Waals surface area contributed by atoms with Crippen molar-refractivity contribution >= 4 is 11.9 Å². The van der Waals surface area contributed by atoms with Crippen LogP contribution in [0.25, 0.3) is 0 Å². The average Bonchev–Trinajstić information content (AvgIpc) is 2.66. The molecule has 0 aliphatic heterocycles. The van der Waals surface area contributed by atoms with Gasteiger partial charge in [-0.2, -0.15) is 0 Å². The Hall–Kier alpha value is -1.98. The van der Waals surface area contributed by atoms with E-state index in [1.165, 1.54) is 17.9 Å². The monoisotopic (exact) mass is 255 g/mol. The topological polar surface area (TPSA) is 66.8 Å². The van der Waals surface area contributed by atoms with Gasteiger partial charge < -0.3 is 18.8 Å². The van der Waals surface area contributed by atoms with Crippen LogP contribution in [0, 0.1) is 0 Å². The summed E-state index contributed by atoms with van der Waals surface area (Å²) in [7, 11) is 3.03. The van der Waals surface area contributed by atoms with E-state index in [1.54, 1.807) is 20.9 Å². The summed E-state index contributed by atoms with van der Waals surface area (Å²) in [5.74, 6) is -0.887. The highest BCUT2D eigenvalue weighted by atomic mass is 16.5. The SMILES string of the molecule is CCOC(=O)c1cn(C)c(C(=O)OCC)c1OC. The van der Waals surface area contributed by atoms with Crippen LogP contribution in [0.5, 0.6) is 5.75 Å². The van der Waals surface area contributed by atoms with Crippen LogP contribution in [0.1, 0.15) is 34.7 Å². The summed E-state index contributed by atoms with van der Waals surface area (Å²) in [6.07, 6.45) is 1.49. The maximum Gasteiger partial charge on any atom is 0.358 e. The van der Waals surface area contributed by atoms with Crippen LogP contribution in [-0.2, 0) is 16.5 Å². The van der Waals surface area contributed by atoms with Crippen LogP contribution in [0.4, 0.5) is 0 Å². The Morgan fingerprint density at radius 2 is 1.72 bits per heavy atom. The van der Waals surface area contributed by atoms with Crippen molar-refractivity contribution in [3.05, 3.63) is 17.5 Å². The van der Waals surface area contributed by atoms with Gasteiger partial charge >= 0.3 is 11.9 Å². The maximum absolute atomic E-state index is 11.8. The molecule has 0 atom stereocenters. The number of hydrogen-bond donors (Lipinski definition) is 0. The van der Waals surface area contributed by atoms with Gasteiger partial charge in [-0.25, -0.2) is 9.59 Å². The fourth-order valence-electron chi connectivity index (χ4n) is 1.60. The third-order valence-electron chi connectivity index (χ3n) is 2.30. The van der Waals surface area contributed by atoms with Crippen molar-refractivity contribution in [2.24, 2.45) is 7.05 Å². The Bertz CT molecular complexity index is 450. The summed E-state index contributed by atoms with van der Waals surface area (Å²) < 4.78 is 16.4. The second kappa shape index (κ2) is 6.09. The smallest absolute Gasteiger partial charge is 0.358 e. The number of carbonyl (C=O) groups excluding carboxylic acids is 2. The van der Waals surface area contributed by atoms with Crippen LogP contribution in [0.2, 0.25) is 0 Å². The molecule has 0 bridgehead atoms. The number of hydrogen-bond acceptors (Lipinski definition) is 5. The molecule has 0 fully saturated rings. The van der Waals surface area contributed by atoms with Gasteiger partial charge in [-0.1, -0.05) is 0 Å². The van der Waals surface area contributed by atoms with E-state index in [0.29, 0.717) is 0 Å². The molecule has 0 unspecified atom stereocenters. The summed E-state index contributed by atoms with van der Waals surface area (Å²) in [5.41, 5.74) is 0.410. The first kappa shape index (κ1) is 14.1. The molecule has 6 heteroatoms. The van der Waals surface area contributed by atoms with Crippen LogP contribution in [0.15, 0.2) is 6.20 Å². The highest BCUT2D eigenvalue weighted by Gasteiger charge is 2.26. The standard InChI is InChI=1S/C12H17NO5/c1-5-17-11(14)8-7-13(3)9(10(8)16-4)12(15)18-6-2/h7H,5-6H2,1-4H3. The lowest BCUT2D eigenvalue weighted by atomic mass is 10.2. The molecule has 0 saturated carbocycles. The highest BCUT2D eigenvalue weighted by molar-refractivity contribution is 5.99. The van der Waals surface area contributed by atoms with Gasteiger partial charge in [0.2, 0.25) is 0 Å². The summed E-state index contributed by atoms with van der Waals surface area (Å²) in [5, 5.41) is 0. The van der Waals surface area contributed by atoms with E-state index < -0.39 is 11.9 Å². The number of ether oxygens (including phenoxy) is 3. The first-order valence-electron chi connectivity index (χ1n) is 5.64. The number of aromatic nitrogens is 1. The molecule has 1 heterocycles. The van der Waals surface area contributed by atoms with E-state index in [2.05, 4.69) is 0 Å². The predicted molar refractivity (Wildman–Crippen MR) is 63.9 cm³/mol. The molecule has 1 aromatic heterocycles. The van der Waals surface area contributed by atoms with Crippen molar-refractivity contribution in [1.29, 1.82) is 0 Å². The van der Waals surface area contributed by atoms with Gasteiger partial charge in [0.05, 0.1) is 20.3 Å². The Balaban J connectivity index is 3.20. The molecule has 0 spiro atoms. The van der Waals surface area contributed by atoms with Gasteiger partial charge in [-0.15, -0.1) is 0 Å². The minimum absolute atomic E-state index is 0.175. The third kappa shape index (κ3) is 2.64. The molecule has 0 aliphatic carbocycles. The largest absolute Gasteiger partial charge is 0.493 e. The minimum Gasteiger partial charge on any atom is -0.493 e. The molecule has 0 N–H and O–H groups in total. The molecule has 6 nitrogen and oxygen atoms in total. The number of esters is 2. The normalized spacial score (nSPS) is 10.0. The predicted octanol–water partition coefficient (Wildman–Crippen LogP) is 1.39. The Morgan fingerprint density at radius 3 is 2.22 bits per heavy atom. The Labute approximate surface area is 105 Å². The van der Waals surface area contributed by atoms with Crippen molar-refractivity contribution in [1.82, 2.24) is 4.57 Å². The molecule has 0 aromatic carbocycles. The lowest BCUT2D eigenvalue weighted by molar-refractivity contribution is 0.0511. The van der Waals surface area contributed by atoms with Gasteiger partial charge in [-0.3, -0.25) is 0 Å². The zero-order valence-corrected chi connectivity index (χ0v) is 11.0. The van der Waals surface area contributed by atoms with Crippen LogP contribution >= 0.6 is 0 Å². The second-order valence-electron chi connectivity index (χ2n) is 3.48. The van der Waals surface area contributed by atoms with Crippen molar-refractivity contribution in [2.75, 3.05) is 20.3 Å². The molecule has 1 aromatic rings. The summed E-state index contributed by atoms with van der Waals surface area (Å²) in [6.45, 7) is 3.92. The molecule has 0 radical (unpaired) electrons. The zero-order chi connectivity index (χ0) is 13.7. The number of carbonyl (C=O) groups is 2. The molecule has 0 amide bonds. The van der Waals surface area contributed by atoms with E-state index in [9.17, 15) is 9.59 Å². The van der Waals surface area contributed by atoms with Gasteiger partial charge in [-0.05, 0) is 13.8 Å². The number of methoxy groups -OCH3 is 1. The van der Waals surface area contributed by atoms with Crippen molar-refractivity contribution in [2.45, 2.75) is 13.8 Å². The van der Waals surface area contributed by atoms with Crippen LogP contribution in [0.3, 0.4) is 0 Å². The van der Waals surface area contributed by atoms with Gasteiger partial charge in [0.25, 0.3) is 0 Å². The van der Waals surface area contributed by atoms with Crippen molar-refractivity contribution in [3.63, 3.8) is 0 Å². The molecular weight excluding hydrogens is 238 g/mol. The van der Waals surface area contributed by atoms with Crippen molar-refractivity contribution in [3.8, 4) is 5.75 Å². The molecular formula is C12H17NO5. The fourth-order valence-corrected chi connectivity index (χ4v) is 1.60. The molecule has 100 valence electrons. The average molecular weight is 255 g/mol. The lowest BCUT2D eigenvalue weighted by Crippen LogP contribution is -2.11. The lowest BCUT2D eigenvalue weighted by Gasteiger charge is -2.06. The summed E-state index contributed by atoms with van der Waals surface area (Å²) in [4.78, 5) is 23.5. The number of rotatable bonds is 5. The number of nitrogens with zero attached hydrogens (tertiary/aromatic N) is 1. The quantitative estimate of drug-likeness (QED) is 0.744. The van der Waals surface area contributed by atoms with E-state index in [-0.39, 0.29) is 30.2 Å². The van der Waals surface area contributed by atoms with Gasteiger partial charge in [0.15, 0.2) is 11.4 Å². The van der Waals surface area contributed by atoms with Gasteiger partial charge in [0.1, 0.15) is 5.56 Å². The fraction of sp³-hybridized carbons (Fsp3) is 0.500. The third-order valence-corrected chi connectivity index (χ3v) is 2.30. The molecule has 18 heavy (non-hydrogen) atoms. The van der Waals surface area contributed by atoms with E-state index in [0.717, 1.165) is 0 Å². The maximum atomic E-state index is 11.8. The first-order chi connectivity index (χ1) is 8.56. The van der Waals surface area contributed by atoms with E-state index in [4.69, 9.17) is 14.2 Å². The Morgan fingerprint density at radius 1 is 1.17 bits per heavy atom. The molecule has 0 aliphatic rings. The van der Waals surface area contributed by atoms with Gasteiger partial charge in [0, 0.05) is 13.2 Å². The van der Waals surface area contributed by atoms with Crippen molar-refractivity contribution < 1.29 is 23.8 Å². The summed E-state index contributed by atoms with van der Waals surface area (Å²) >= 11 is 0. The first-order valence-corrected chi connectivity index (χ1v) is 5.64. The molecule has 1 rings (SSSR count). The Kier molecular flexibility index (Phi) is 4.76. The zero-order valence-electron chi connectivity index (χ0n) is 11.0. The van der Waals surface area contributed by atoms with Crippen LogP contribution < -0.4 is 4.74 Å². The second-order valence-corrected chi connectivity index (χ2v) is 3.48. The molecule has 0 saturated heterocycles. The van der Waals surface area contributed by atoms with Crippen LogP contribution in [-0.4, -0.2) is 36.8 Å². The van der Waals surface area contributed by atoms with E-state index >= 15 is 0 Å². The minimum atomic E-state index is -0.535. The highest BCUT2D eigenvalue weighted by Crippen LogP contribution is 2.27. The van der Waals surface area contributed by atoms with E-state index in [1.807, 2.05) is 0 Å².